The molecule has 98 valence electrons. The van der Waals surface area contributed by atoms with Gasteiger partial charge in [0.2, 0.25) is 11.8 Å². The van der Waals surface area contributed by atoms with E-state index in [9.17, 15) is 9.59 Å². The van der Waals surface area contributed by atoms with E-state index in [0.29, 0.717) is 23.0 Å². The predicted molar refractivity (Wildman–Crippen MR) is 73.1 cm³/mol. The summed E-state index contributed by atoms with van der Waals surface area (Å²) in [5.74, 6) is -0.460. The topological polar surface area (TPSA) is 74.8 Å². The summed E-state index contributed by atoms with van der Waals surface area (Å²) in [6.07, 6.45) is 0.905. The van der Waals surface area contributed by atoms with Gasteiger partial charge in [-0.1, -0.05) is 23.4 Å². The molecular formula is C12H10ClN3O2S. The summed E-state index contributed by atoms with van der Waals surface area (Å²) >= 11 is 7.24. The Balaban J connectivity index is 1.81. The first kappa shape index (κ1) is 12.5. The van der Waals surface area contributed by atoms with Gasteiger partial charge in [-0.3, -0.25) is 14.9 Å². The number of fused-ring (bicyclic) bond motifs is 1. The van der Waals surface area contributed by atoms with Gasteiger partial charge in [0, 0.05) is 11.4 Å². The predicted octanol–water partition coefficient (Wildman–Crippen LogP) is 2.11. The molecule has 7 heteroatoms. The van der Waals surface area contributed by atoms with E-state index in [1.54, 1.807) is 12.1 Å². The van der Waals surface area contributed by atoms with Crippen molar-refractivity contribution in [1.82, 2.24) is 15.3 Å². The van der Waals surface area contributed by atoms with Crippen LogP contribution in [0, 0.1) is 0 Å². The number of nitrogens with one attached hydrogen (secondary N) is 2. The first-order chi connectivity index (χ1) is 9.11. The second kappa shape index (κ2) is 4.86. The molecule has 0 saturated carbocycles. The molecule has 1 unspecified atom stereocenters. The smallest absolute Gasteiger partial charge is 0.240 e. The Bertz CT molecular complexity index is 670. The molecule has 1 atom stereocenters. The van der Waals surface area contributed by atoms with E-state index in [-0.39, 0.29) is 17.1 Å². The van der Waals surface area contributed by atoms with Crippen molar-refractivity contribution in [2.45, 2.75) is 23.2 Å². The highest BCUT2D eigenvalue weighted by atomic mass is 35.5. The zero-order valence-electron chi connectivity index (χ0n) is 9.77. The largest absolute Gasteiger partial charge is 0.333 e. The van der Waals surface area contributed by atoms with Gasteiger partial charge in [-0.15, -0.1) is 0 Å². The minimum Gasteiger partial charge on any atom is -0.333 e. The van der Waals surface area contributed by atoms with Crippen LogP contribution < -0.4 is 5.32 Å². The fraction of sp³-hybridized carbons (Fsp3) is 0.250. The summed E-state index contributed by atoms with van der Waals surface area (Å²) in [7, 11) is 0. The summed E-state index contributed by atoms with van der Waals surface area (Å²) in [6, 6.07) is 5.38. The lowest BCUT2D eigenvalue weighted by Crippen LogP contribution is -2.42. The van der Waals surface area contributed by atoms with Crippen molar-refractivity contribution in [3.05, 3.63) is 23.2 Å². The number of amides is 2. The van der Waals surface area contributed by atoms with E-state index in [2.05, 4.69) is 15.3 Å². The molecule has 0 aliphatic carbocycles. The molecule has 1 fully saturated rings. The van der Waals surface area contributed by atoms with Crippen molar-refractivity contribution in [2.75, 3.05) is 0 Å². The van der Waals surface area contributed by atoms with Crippen molar-refractivity contribution >= 4 is 46.2 Å². The number of benzene rings is 1. The number of imide groups is 1. The first-order valence-corrected chi connectivity index (χ1v) is 7.03. The van der Waals surface area contributed by atoms with Crippen LogP contribution in [0.2, 0.25) is 5.02 Å². The molecule has 1 aromatic heterocycles. The Kier molecular flexibility index (Phi) is 3.20. The quantitative estimate of drug-likeness (QED) is 0.832. The Morgan fingerprint density at radius 2 is 2.21 bits per heavy atom. The van der Waals surface area contributed by atoms with E-state index in [1.165, 1.54) is 11.8 Å². The second-order valence-corrected chi connectivity index (χ2v) is 5.89. The average molecular weight is 296 g/mol. The van der Waals surface area contributed by atoms with Crippen LogP contribution in [0.1, 0.15) is 12.8 Å². The van der Waals surface area contributed by atoms with Gasteiger partial charge in [0.15, 0.2) is 5.16 Å². The zero-order valence-corrected chi connectivity index (χ0v) is 11.3. The Labute approximate surface area is 118 Å². The van der Waals surface area contributed by atoms with Crippen LogP contribution in [-0.2, 0) is 9.59 Å². The summed E-state index contributed by atoms with van der Waals surface area (Å²) < 4.78 is 0. The van der Waals surface area contributed by atoms with Crippen LogP contribution >= 0.6 is 23.4 Å². The van der Waals surface area contributed by atoms with Crippen molar-refractivity contribution < 1.29 is 9.59 Å². The Morgan fingerprint density at radius 1 is 1.37 bits per heavy atom. The van der Waals surface area contributed by atoms with Crippen LogP contribution in [-0.4, -0.2) is 27.0 Å². The van der Waals surface area contributed by atoms with Crippen LogP contribution in [0.3, 0.4) is 0 Å². The molecule has 0 bridgehead atoms. The third-order valence-corrected chi connectivity index (χ3v) is 4.25. The molecule has 2 N–H and O–H groups in total. The molecule has 0 radical (unpaired) electrons. The fourth-order valence-electron chi connectivity index (χ4n) is 1.94. The molecule has 5 nitrogen and oxygen atoms in total. The highest BCUT2D eigenvalue weighted by molar-refractivity contribution is 8.00. The van der Waals surface area contributed by atoms with Gasteiger partial charge in [-0.25, -0.2) is 4.98 Å². The van der Waals surface area contributed by atoms with Gasteiger partial charge in [-0.05, 0) is 24.6 Å². The molecule has 2 aromatic rings. The normalized spacial score (nSPS) is 19.7. The molecule has 0 spiro atoms. The van der Waals surface area contributed by atoms with Crippen LogP contribution in [0.25, 0.3) is 11.0 Å². The number of carbonyl (C=O) groups excluding carboxylic acids is 2. The zero-order chi connectivity index (χ0) is 13.4. The summed E-state index contributed by atoms with van der Waals surface area (Å²) in [5, 5.41) is 3.34. The maximum absolute atomic E-state index is 11.7. The minimum atomic E-state index is -0.284. The lowest BCUT2D eigenvalue weighted by Gasteiger charge is -2.18. The molecule has 3 rings (SSSR count). The number of carbonyl (C=O) groups is 2. The SMILES string of the molecule is O=C1CCC(Sc2nc3ccc(Cl)cc3[nH]2)C(=O)N1. The van der Waals surface area contributed by atoms with Gasteiger partial charge in [-0.2, -0.15) is 0 Å². The molecular weight excluding hydrogens is 286 g/mol. The van der Waals surface area contributed by atoms with Gasteiger partial charge < -0.3 is 4.98 Å². The Morgan fingerprint density at radius 3 is 3.00 bits per heavy atom. The third kappa shape index (κ3) is 2.59. The lowest BCUT2D eigenvalue weighted by molar-refractivity contribution is -0.132. The van der Waals surface area contributed by atoms with Crippen LogP contribution in [0.15, 0.2) is 23.4 Å². The third-order valence-electron chi connectivity index (χ3n) is 2.86. The van der Waals surface area contributed by atoms with E-state index in [4.69, 9.17) is 11.6 Å². The number of hydrogen-bond acceptors (Lipinski definition) is 4. The Hall–Kier alpha value is -1.53. The number of nitrogens with zero attached hydrogens (tertiary/aromatic N) is 1. The molecule has 1 saturated heterocycles. The molecule has 1 aromatic carbocycles. The highest BCUT2D eigenvalue weighted by Gasteiger charge is 2.28. The number of imidazole rings is 1. The van der Waals surface area contributed by atoms with Gasteiger partial charge in [0.25, 0.3) is 0 Å². The standard InChI is InChI=1S/C12H10ClN3O2S/c13-6-1-2-7-8(5-6)15-12(14-7)19-9-3-4-10(17)16-11(9)18/h1-2,5,9H,3-4H2,(H,14,15)(H,16,17,18). The van der Waals surface area contributed by atoms with Crippen LogP contribution in [0.5, 0.6) is 0 Å². The number of hydrogen-bond donors (Lipinski definition) is 2. The van der Waals surface area contributed by atoms with Gasteiger partial charge >= 0.3 is 0 Å². The number of piperidine rings is 1. The number of thioether (sulfide) groups is 1. The number of rotatable bonds is 2. The number of H-pyrrole nitrogens is 1. The van der Waals surface area contributed by atoms with E-state index >= 15 is 0 Å². The molecule has 2 heterocycles. The maximum Gasteiger partial charge on any atom is 0.240 e. The molecule has 19 heavy (non-hydrogen) atoms. The lowest BCUT2D eigenvalue weighted by atomic mass is 10.1. The van der Waals surface area contributed by atoms with Crippen molar-refractivity contribution in [3.8, 4) is 0 Å². The van der Waals surface area contributed by atoms with Crippen molar-refractivity contribution in [1.29, 1.82) is 0 Å². The summed E-state index contributed by atoms with van der Waals surface area (Å²) in [5.41, 5.74) is 1.64. The first-order valence-electron chi connectivity index (χ1n) is 5.77. The summed E-state index contributed by atoms with van der Waals surface area (Å²) in [6.45, 7) is 0. The number of halogens is 1. The number of aromatic nitrogens is 2. The fourth-order valence-corrected chi connectivity index (χ4v) is 3.10. The van der Waals surface area contributed by atoms with Gasteiger partial charge in [0.1, 0.15) is 0 Å². The maximum atomic E-state index is 11.7. The van der Waals surface area contributed by atoms with Crippen molar-refractivity contribution in [2.24, 2.45) is 0 Å². The molecule has 1 aliphatic rings. The summed E-state index contributed by atoms with van der Waals surface area (Å²) in [4.78, 5) is 30.2. The average Bonchev–Trinajstić information content (AvgIpc) is 2.74. The van der Waals surface area contributed by atoms with E-state index in [0.717, 1.165) is 11.0 Å². The molecule has 2 amide bonds. The second-order valence-electron chi connectivity index (χ2n) is 4.26. The number of aromatic amines is 1. The monoisotopic (exact) mass is 295 g/mol. The molecule has 1 aliphatic heterocycles. The van der Waals surface area contributed by atoms with E-state index in [1.807, 2.05) is 6.07 Å². The van der Waals surface area contributed by atoms with Crippen LogP contribution in [0.4, 0.5) is 0 Å². The van der Waals surface area contributed by atoms with Gasteiger partial charge in [0.05, 0.1) is 16.3 Å². The highest BCUT2D eigenvalue weighted by Crippen LogP contribution is 2.28. The minimum absolute atomic E-state index is 0.210. The van der Waals surface area contributed by atoms with Crippen molar-refractivity contribution in [3.63, 3.8) is 0 Å². The van der Waals surface area contributed by atoms with E-state index < -0.39 is 0 Å².